The Morgan fingerprint density at radius 1 is 1.12 bits per heavy atom. The number of ether oxygens (including phenoxy) is 4. The van der Waals surface area contributed by atoms with Crippen LogP contribution in [0.5, 0.6) is 11.5 Å². The highest BCUT2D eigenvalue weighted by molar-refractivity contribution is 5.94. The Morgan fingerprint density at radius 3 is 2.38 bits per heavy atom. The first-order chi connectivity index (χ1) is 19.5. The molecule has 1 aromatic carbocycles. The van der Waals surface area contributed by atoms with E-state index in [1.807, 2.05) is 13.8 Å². The number of benzene rings is 1. The van der Waals surface area contributed by atoms with E-state index < -0.39 is 42.5 Å². The molecule has 2 aliphatic heterocycles. The number of carbonyl (C=O) groups excluding carboxylic acids is 2. The highest BCUT2D eigenvalue weighted by Gasteiger charge is 2.42. The fraction of sp³-hybridized carbons (Fsp3) is 0.710. The van der Waals surface area contributed by atoms with Crippen LogP contribution in [0.2, 0.25) is 0 Å². The number of amides is 1. The minimum absolute atomic E-state index is 0.0579. The van der Waals surface area contributed by atoms with Gasteiger partial charge in [0.25, 0.3) is 0 Å². The van der Waals surface area contributed by atoms with Crippen LogP contribution >= 0.6 is 0 Å². The summed E-state index contributed by atoms with van der Waals surface area (Å²) in [6.45, 7) is 13.3. The summed E-state index contributed by atoms with van der Waals surface area (Å²) < 4.78 is 60.4. The van der Waals surface area contributed by atoms with Crippen molar-refractivity contribution in [3.63, 3.8) is 0 Å². The third-order valence-electron chi connectivity index (χ3n) is 7.50. The van der Waals surface area contributed by atoms with E-state index >= 15 is 0 Å². The average molecular weight is 599 g/mol. The van der Waals surface area contributed by atoms with Gasteiger partial charge in [-0.25, -0.2) is 4.79 Å². The van der Waals surface area contributed by atoms with Crippen molar-refractivity contribution < 1.29 is 41.7 Å². The molecule has 0 aromatic heterocycles. The van der Waals surface area contributed by atoms with E-state index in [-0.39, 0.29) is 29.4 Å². The number of nitrogens with zero attached hydrogens (tertiary/aromatic N) is 2. The first kappa shape index (κ1) is 33.7. The molecule has 236 valence electrons. The van der Waals surface area contributed by atoms with Crippen molar-refractivity contribution in [1.29, 1.82) is 0 Å². The first-order valence-electron chi connectivity index (χ1n) is 14.6. The SMILES string of the molecule is COc1cc2c(cc1OCC(F)(F)F)CCN1CC(CC(C)C)C(OC(=O)C(/C=N/C(=O)OC(C)(C)C)C(C)C)CC21. The van der Waals surface area contributed by atoms with Crippen molar-refractivity contribution in [3.8, 4) is 11.5 Å². The predicted octanol–water partition coefficient (Wildman–Crippen LogP) is 6.79. The second-order valence-corrected chi connectivity index (χ2v) is 13.0. The Balaban J connectivity index is 1.85. The lowest BCUT2D eigenvalue weighted by Gasteiger charge is -2.47. The maximum absolute atomic E-state index is 13.5. The number of hydrogen-bond acceptors (Lipinski definition) is 7. The van der Waals surface area contributed by atoms with Crippen molar-refractivity contribution in [3.05, 3.63) is 23.3 Å². The Morgan fingerprint density at radius 2 is 1.81 bits per heavy atom. The van der Waals surface area contributed by atoms with Crippen molar-refractivity contribution in [2.45, 2.75) is 91.7 Å². The van der Waals surface area contributed by atoms with Crippen molar-refractivity contribution in [2.75, 3.05) is 26.8 Å². The van der Waals surface area contributed by atoms with E-state index in [0.29, 0.717) is 25.3 Å². The lowest BCUT2D eigenvalue weighted by atomic mass is 9.79. The van der Waals surface area contributed by atoms with Crippen LogP contribution < -0.4 is 9.47 Å². The second-order valence-electron chi connectivity index (χ2n) is 13.0. The quantitative estimate of drug-likeness (QED) is 0.229. The molecule has 3 rings (SSSR count). The summed E-state index contributed by atoms with van der Waals surface area (Å²) in [6, 6.07) is 3.29. The predicted molar refractivity (Wildman–Crippen MR) is 153 cm³/mol. The summed E-state index contributed by atoms with van der Waals surface area (Å²) in [5, 5.41) is 0. The molecule has 2 aliphatic rings. The standard InChI is InChI=1S/C31H45F3N2O6/c1-18(2)11-21-16-36-10-9-20-12-27(40-17-31(32,33)34)26(39-8)13-22(20)24(36)14-25(21)41-28(37)23(19(3)4)15-35-29(38)42-30(5,6)7/h12-13,15,18-19,21,23-25H,9-11,14,16-17H2,1-8H3/b35-15+. The number of hydrogen-bond donors (Lipinski definition) is 0. The maximum atomic E-state index is 13.5. The van der Waals surface area contributed by atoms with Gasteiger partial charge in [0, 0.05) is 37.7 Å². The summed E-state index contributed by atoms with van der Waals surface area (Å²) in [6.07, 6.45) is -2.26. The molecule has 4 unspecified atom stereocenters. The molecule has 1 fully saturated rings. The number of halogens is 3. The normalized spacial score (nSPS) is 22.1. The van der Waals surface area contributed by atoms with Gasteiger partial charge in [-0.3, -0.25) is 9.69 Å². The molecule has 11 heteroatoms. The van der Waals surface area contributed by atoms with Crippen molar-refractivity contribution in [2.24, 2.45) is 28.7 Å². The minimum Gasteiger partial charge on any atom is -0.493 e. The van der Waals surface area contributed by atoms with Gasteiger partial charge < -0.3 is 18.9 Å². The van der Waals surface area contributed by atoms with Gasteiger partial charge in [0.1, 0.15) is 11.7 Å². The van der Waals surface area contributed by atoms with Crippen molar-refractivity contribution >= 4 is 18.3 Å². The van der Waals surface area contributed by atoms with E-state index in [0.717, 1.165) is 24.1 Å². The summed E-state index contributed by atoms with van der Waals surface area (Å²) >= 11 is 0. The lowest BCUT2D eigenvalue weighted by Crippen LogP contribution is -2.50. The van der Waals surface area contributed by atoms with E-state index in [9.17, 15) is 22.8 Å². The van der Waals surface area contributed by atoms with Gasteiger partial charge in [-0.15, -0.1) is 0 Å². The molecule has 1 amide bonds. The van der Waals surface area contributed by atoms with Gasteiger partial charge in [-0.2, -0.15) is 18.2 Å². The smallest absolute Gasteiger partial charge is 0.433 e. The van der Waals surface area contributed by atoms with Crippen LogP contribution in [0.1, 0.15) is 78.5 Å². The zero-order valence-corrected chi connectivity index (χ0v) is 25.9. The molecule has 0 radical (unpaired) electrons. The number of esters is 1. The van der Waals surface area contributed by atoms with E-state index in [4.69, 9.17) is 18.9 Å². The number of rotatable bonds is 9. The van der Waals surface area contributed by atoms with Crippen molar-refractivity contribution in [1.82, 2.24) is 4.90 Å². The van der Waals surface area contributed by atoms with Gasteiger partial charge >= 0.3 is 18.2 Å². The fourth-order valence-corrected chi connectivity index (χ4v) is 5.66. The van der Waals surface area contributed by atoms with Gasteiger partial charge in [0.2, 0.25) is 0 Å². The highest BCUT2D eigenvalue weighted by Crippen LogP contribution is 2.45. The van der Waals surface area contributed by atoms with Gasteiger partial charge in [-0.05, 0) is 68.7 Å². The Kier molecular flexibility index (Phi) is 10.9. The lowest BCUT2D eigenvalue weighted by molar-refractivity contribution is -0.161. The summed E-state index contributed by atoms with van der Waals surface area (Å²) in [7, 11) is 1.40. The minimum atomic E-state index is -4.46. The average Bonchev–Trinajstić information content (AvgIpc) is 2.85. The zero-order valence-electron chi connectivity index (χ0n) is 25.9. The zero-order chi connectivity index (χ0) is 31.4. The summed E-state index contributed by atoms with van der Waals surface area (Å²) in [5.41, 5.74) is 1.13. The van der Waals surface area contributed by atoms with Crippen LogP contribution in [-0.2, 0) is 20.7 Å². The van der Waals surface area contributed by atoms with Crippen LogP contribution in [0.3, 0.4) is 0 Å². The third kappa shape index (κ3) is 9.34. The molecule has 0 bridgehead atoms. The number of methoxy groups -OCH3 is 1. The summed E-state index contributed by atoms with van der Waals surface area (Å²) in [4.78, 5) is 31.9. The maximum Gasteiger partial charge on any atom is 0.433 e. The second kappa shape index (κ2) is 13.7. The molecular formula is C31H45F3N2O6. The monoisotopic (exact) mass is 598 g/mol. The third-order valence-corrected chi connectivity index (χ3v) is 7.50. The van der Waals surface area contributed by atoms with E-state index in [1.165, 1.54) is 13.3 Å². The topological polar surface area (TPSA) is 86.7 Å². The molecule has 0 saturated carbocycles. The molecule has 0 aliphatic carbocycles. The largest absolute Gasteiger partial charge is 0.493 e. The van der Waals surface area contributed by atoms with E-state index in [2.05, 4.69) is 23.7 Å². The molecular weight excluding hydrogens is 553 g/mol. The fourth-order valence-electron chi connectivity index (χ4n) is 5.66. The Bertz CT molecular complexity index is 1130. The molecule has 8 nitrogen and oxygen atoms in total. The first-order valence-corrected chi connectivity index (χ1v) is 14.6. The van der Waals surface area contributed by atoms with Crippen LogP contribution in [0.15, 0.2) is 17.1 Å². The Hall–Kier alpha value is -2.82. The van der Waals surface area contributed by atoms with Gasteiger partial charge in [0.15, 0.2) is 18.1 Å². The molecule has 0 spiro atoms. The molecule has 0 N–H and O–H groups in total. The van der Waals surface area contributed by atoms with Gasteiger partial charge in [-0.1, -0.05) is 27.7 Å². The number of fused-ring (bicyclic) bond motifs is 3. The van der Waals surface area contributed by atoms with Gasteiger partial charge in [0.05, 0.1) is 13.0 Å². The van der Waals surface area contributed by atoms with Crippen LogP contribution in [-0.4, -0.2) is 67.9 Å². The number of piperidine rings is 1. The number of aliphatic imine (C=N–C) groups is 1. The van der Waals surface area contributed by atoms with Crippen LogP contribution in [0.25, 0.3) is 0 Å². The van der Waals surface area contributed by atoms with Crippen LogP contribution in [0.4, 0.5) is 18.0 Å². The van der Waals surface area contributed by atoms with Crippen LogP contribution in [0, 0.1) is 23.7 Å². The molecule has 1 aromatic rings. The number of carbonyl (C=O) groups is 2. The highest BCUT2D eigenvalue weighted by atomic mass is 19.4. The number of alkyl halides is 3. The molecule has 2 heterocycles. The Labute approximate surface area is 246 Å². The molecule has 4 atom stereocenters. The molecule has 1 saturated heterocycles. The molecule has 42 heavy (non-hydrogen) atoms. The van der Waals surface area contributed by atoms with E-state index in [1.54, 1.807) is 32.9 Å². The summed E-state index contributed by atoms with van der Waals surface area (Å²) in [5.74, 6) is -0.580.